The topological polar surface area (TPSA) is 39.2 Å². The van der Waals surface area contributed by atoms with Crippen LogP contribution in [0.4, 0.5) is 4.39 Å². The zero-order valence-electron chi connectivity index (χ0n) is 12.5. The van der Waals surface area contributed by atoms with Gasteiger partial charge in [0, 0.05) is 24.2 Å². The van der Waals surface area contributed by atoms with Crippen molar-refractivity contribution in [2.75, 3.05) is 6.61 Å². The van der Waals surface area contributed by atoms with Gasteiger partial charge in [0.25, 0.3) is 0 Å². The van der Waals surface area contributed by atoms with Gasteiger partial charge in [0.1, 0.15) is 5.82 Å². The molecule has 1 aromatic heterocycles. The van der Waals surface area contributed by atoms with E-state index in [9.17, 15) is 9.18 Å². The zero-order valence-corrected chi connectivity index (χ0v) is 12.5. The molecule has 3 rings (SSSR count). The number of benzene rings is 2. The van der Waals surface area contributed by atoms with Crippen LogP contribution in [0.1, 0.15) is 11.1 Å². The molecule has 0 saturated heterocycles. The molecule has 0 atom stereocenters. The average molecular weight is 309 g/mol. The Balaban J connectivity index is 1.60. The summed E-state index contributed by atoms with van der Waals surface area (Å²) in [7, 11) is 0. The molecule has 0 saturated carbocycles. The van der Waals surface area contributed by atoms with Crippen LogP contribution in [0.2, 0.25) is 0 Å². The fourth-order valence-electron chi connectivity index (χ4n) is 2.51. The molecule has 0 radical (unpaired) electrons. The van der Waals surface area contributed by atoms with E-state index in [0.717, 1.165) is 16.3 Å². The highest BCUT2D eigenvalue weighted by atomic mass is 19.1. The summed E-state index contributed by atoms with van der Waals surface area (Å²) in [4.78, 5) is 16.1. The third-order valence-electron chi connectivity index (χ3n) is 3.70. The Labute approximate surface area is 133 Å². The number of rotatable bonds is 5. The Morgan fingerprint density at radius 3 is 2.74 bits per heavy atom. The van der Waals surface area contributed by atoms with E-state index in [0.29, 0.717) is 12.0 Å². The number of nitrogens with zero attached hydrogens (tertiary/aromatic N) is 1. The molecule has 0 N–H and O–H groups in total. The first-order valence-electron chi connectivity index (χ1n) is 7.45. The predicted molar refractivity (Wildman–Crippen MR) is 86.5 cm³/mol. The van der Waals surface area contributed by atoms with Crippen LogP contribution in [0.25, 0.3) is 10.8 Å². The van der Waals surface area contributed by atoms with E-state index >= 15 is 0 Å². The monoisotopic (exact) mass is 309 g/mol. The molecule has 0 fully saturated rings. The van der Waals surface area contributed by atoms with E-state index in [1.807, 2.05) is 24.3 Å². The molecule has 2 aromatic carbocycles. The molecule has 0 spiro atoms. The predicted octanol–water partition coefficient (Wildman–Crippen LogP) is 3.70. The van der Waals surface area contributed by atoms with Crippen molar-refractivity contribution in [2.24, 2.45) is 0 Å². The van der Waals surface area contributed by atoms with Crippen LogP contribution in [0, 0.1) is 5.82 Å². The van der Waals surface area contributed by atoms with Crippen LogP contribution in [-0.2, 0) is 22.4 Å². The van der Waals surface area contributed by atoms with Crippen molar-refractivity contribution >= 4 is 16.7 Å². The minimum Gasteiger partial charge on any atom is -0.465 e. The number of halogens is 1. The Morgan fingerprint density at radius 1 is 1.04 bits per heavy atom. The lowest BCUT2D eigenvalue weighted by atomic mass is 10.0. The van der Waals surface area contributed by atoms with E-state index < -0.39 is 0 Å². The van der Waals surface area contributed by atoms with Gasteiger partial charge in [-0.05, 0) is 28.6 Å². The van der Waals surface area contributed by atoms with Gasteiger partial charge in [-0.3, -0.25) is 9.78 Å². The van der Waals surface area contributed by atoms with Crippen molar-refractivity contribution in [1.29, 1.82) is 0 Å². The van der Waals surface area contributed by atoms with Gasteiger partial charge >= 0.3 is 5.97 Å². The van der Waals surface area contributed by atoms with Gasteiger partial charge in [-0.25, -0.2) is 4.39 Å². The van der Waals surface area contributed by atoms with Crippen LogP contribution < -0.4 is 0 Å². The minimum absolute atomic E-state index is 0.169. The molecule has 23 heavy (non-hydrogen) atoms. The molecular weight excluding hydrogens is 293 g/mol. The van der Waals surface area contributed by atoms with E-state index in [1.54, 1.807) is 30.6 Å². The van der Waals surface area contributed by atoms with E-state index in [-0.39, 0.29) is 24.8 Å². The summed E-state index contributed by atoms with van der Waals surface area (Å²) in [6.45, 7) is 0.169. The van der Waals surface area contributed by atoms with Crippen molar-refractivity contribution in [3.8, 4) is 0 Å². The fraction of sp³-hybridized carbons (Fsp3) is 0.158. The number of carbonyl (C=O) groups excluding carboxylic acids is 1. The van der Waals surface area contributed by atoms with Crippen molar-refractivity contribution < 1.29 is 13.9 Å². The largest absolute Gasteiger partial charge is 0.465 e. The first-order chi connectivity index (χ1) is 11.2. The van der Waals surface area contributed by atoms with Crippen molar-refractivity contribution in [3.05, 3.63) is 77.9 Å². The average Bonchev–Trinajstić information content (AvgIpc) is 2.57. The van der Waals surface area contributed by atoms with Crippen LogP contribution >= 0.6 is 0 Å². The summed E-state index contributed by atoms with van der Waals surface area (Å²) in [5.74, 6) is -0.596. The van der Waals surface area contributed by atoms with Gasteiger partial charge in [0.15, 0.2) is 0 Å². The lowest BCUT2D eigenvalue weighted by molar-refractivity contribution is -0.142. The molecule has 1 heterocycles. The molecule has 0 aliphatic heterocycles. The maximum atomic E-state index is 13.5. The third-order valence-corrected chi connectivity index (χ3v) is 3.70. The van der Waals surface area contributed by atoms with Crippen LogP contribution in [0.15, 0.2) is 60.9 Å². The summed E-state index contributed by atoms with van der Waals surface area (Å²) in [5, 5.41) is 1.98. The fourth-order valence-corrected chi connectivity index (χ4v) is 2.51. The van der Waals surface area contributed by atoms with Gasteiger partial charge in [-0.1, -0.05) is 36.4 Å². The maximum Gasteiger partial charge on any atom is 0.310 e. The molecule has 3 nitrogen and oxygen atoms in total. The number of hydrogen-bond donors (Lipinski definition) is 0. The SMILES string of the molecule is O=C(Cc1cccc2ccncc12)OCCc1ccccc1F. The van der Waals surface area contributed by atoms with E-state index in [1.165, 1.54) is 6.07 Å². The van der Waals surface area contributed by atoms with Gasteiger partial charge in [0.2, 0.25) is 0 Å². The van der Waals surface area contributed by atoms with Gasteiger partial charge in [-0.2, -0.15) is 0 Å². The maximum absolute atomic E-state index is 13.5. The summed E-state index contributed by atoms with van der Waals surface area (Å²) < 4.78 is 18.7. The van der Waals surface area contributed by atoms with E-state index in [4.69, 9.17) is 4.74 Å². The number of esters is 1. The second-order valence-electron chi connectivity index (χ2n) is 5.25. The lowest BCUT2D eigenvalue weighted by Gasteiger charge is -2.08. The molecule has 4 heteroatoms. The second-order valence-corrected chi connectivity index (χ2v) is 5.25. The van der Waals surface area contributed by atoms with Gasteiger partial charge < -0.3 is 4.74 Å². The highest BCUT2D eigenvalue weighted by Gasteiger charge is 2.09. The van der Waals surface area contributed by atoms with Crippen molar-refractivity contribution in [3.63, 3.8) is 0 Å². The standard InChI is InChI=1S/C19H16FNO2/c20-18-7-2-1-4-15(18)9-11-23-19(22)12-16-6-3-5-14-8-10-21-13-17(14)16/h1-8,10,13H,9,11-12H2. The molecule has 116 valence electrons. The molecule has 0 unspecified atom stereocenters. The molecule has 0 aliphatic rings. The van der Waals surface area contributed by atoms with Crippen molar-refractivity contribution in [1.82, 2.24) is 4.98 Å². The van der Waals surface area contributed by atoms with Gasteiger partial charge in [-0.15, -0.1) is 0 Å². The zero-order chi connectivity index (χ0) is 16.1. The third kappa shape index (κ3) is 3.72. The lowest BCUT2D eigenvalue weighted by Crippen LogP contribution is -2.11. The van der Waals surface area contributed by atoms with Crippen molar-refractivity contribution in [2.45, 2.75) is 12.8 Å². The first-order valence-corrected chi connectivity index (χ1v) is 7.45. The number of ether oxygens (including phenoxy) is 1. The second kappa shape index (κ2) is 7.01. The summed E-state index contributed by atoms with van der Waals surface area (Å²) in [6.07, 6.45) is 4.02. The Kier molecular flexibility index (Phi) is 4.62. The normalized spacial score (nSPS) is 10.7. The smallest absolute Gasteiger partial charge is 0.310 e. The molecule has 0 aliphatic carbocycles. The number of pyridine rings is 1. The number of carbonyl (C=O) groups is 1. The summed E-state index contributed by atoms with van der Waals surface area (Å²) in [6, 6.07) is 14.2. The van der Waals surface area contributed by atoms with Crippen LogP contribution in [0.5, 0.6) is 0 Å². The summed E-state index contributed by atoms with van der Waals surface area (Å²) in [5.41, 5.74) is 1.43. The van der Waals surface area contributed by atoms with Gasteiger partial charge in [0.05, 0.1) is 13.0 Å². The Morgan fingerprint density at radius 2 is 1.87 bits per heavy atom. The molecular formula is C19H16FNO2. The van der Waals surface area contributed by atoms with Crippen LogP contribution in [-0.4, -0.2) is 17.6 Å². The number of hydrogen-bond acceptors (Lipinski definition) is 3. The Bertz CT molecular complexity index is 827. The molecule has 0 amide bonds. The first kappa shape index (κ1) is 15.2. The summed E-state index contributed by atoms with van der Waals surface area (Å²) >= 11 is 0. The highest BCUT2D eigenvalue weighted by molar-refractivity contribution is 5.88. The highest BCUT2D eigenvalue weighted by Crippen LogP contribution is 2.18. The van der Waals surface area contributed by atoms with Crippen LogP contribution in [0.3, 0.4) is 0 Å². The van der Waals surface area contributed by atoms with E-state index in [2.05, 4.69) is 4.98 Å². The quantitative estimate of drug-likeness (QED) is 0.675. The molecule has 0 bridgehead atoms. The Hall–Kier alpha value is -2.75. The number of aromatic nitrogens is 1. The number of fused-ring (bicyclic) bond motifs is 1. The molecule has 3 aromatic rings. The minimum atomic E-state index is -0.322.